The van der Waals surface area contributed by atoms with Crippen LogP contribution in [0.4, 0.5) is 5.13 Å². The van der Waals surface area contributed by atoms with Crippen LogP contribution in [0.5, 0.6) is 0 Å². The second kappa shape index (κ2) is 8.43. The second-order valence-electron chi connectivity index (χ2n) is 8.80. The molecule has 3 heterocycles. The van der Waals surface area contributed by atoms with Crippen molar-refractivity contribution in [3.05, 3.63) is 105 Å². The van der Waals surface area contributed by atoms with E-state index in [4.69, 9.17) is 9.40 Å². The molecule has 5 aromatic rings. The highest BCUT2D eigenvalue weighted by Gasteiger charge is 2.46. The van der Waals surface area contributed by atoms with Gasteiger partial charge in [0.1, 0.15) is 5.58 Å². The van der Waals surface area contributed by atoms with Crippen LogP contribution in [0.3, 0.4) is 0 Å². The number of carbonyl (C=O) groups is 2. The Morgan fingerprint density at radius 2 is 1.89 bits per heavy atom. The average Bonchev–Trinajstić information content (AvgIpc) is 3.53. The monoisotopic (exact) mass is 558 g/mol. The molecule has 0 fully saturated rings. The molecule has 6 nitrogen and oxygen atoms in total. The number of thiazole rings is 1. The van der Waals surface area contributed by atoms with Crippen LogP contribution in [0.25, 0.3) is 21.2 Å². The number of hydrogen-bond donors (Lipinski definition) is 1. The maximum atomic E-state index is 13.8. The van der Waals surface area contributed by atoms with E-state index in [1.807, 2.05) is 68.4 Å². The number of hydrogen-bond acceptors (Lipinski definition) is 6. The molecule has 0 radical (unpaired) electrons. The molecule has 1 N–H and O–H groups in total. The van der Waals surface area contributed by atoms with E-state index in [9.17, 15) is 14.7 Å². The molecule has 2 aromatic heterocycles. The first-order chi connectivity index (χ1) is 17.3. The number of Topliss-reactive ketones (excluding diaryl/α,β-unsaturated/α-hetero) is 1. The van der Waals surface area contributed by atoms with E-state index in [0.29, 0.717) is 16.3 Å². The van der Waals surface area contributed by atoms with E-state index in [1.165, 1.54) is 16.2 Å². The minimum absolute atomic E-state index is 0.0377. The van der Waals surface area contributed by atoms with Crippen molar-refractivity contribution in [1.29, 1.82) is 0 Å². The zero-order valence-corrected chi connectivity index (χ0v) is 21.7. The number of anilines is 1. The fraction of sp³-hybridized carbons (Fsp3) is 0.107. The summed E-state index contributed by atoms with van der Waals surface area (Å²) in [6, 6.07) is 19.4. The number of aliphatic hydroxyl groups excluding tert-OH is 1. The molecular formula is C28H19BrN2O4S. The molecule has 0 aliphatic carbocycles. The normalized spacial score (nSPS) is 16.0. The number of para-hydroxylation sites is 1. The van der Waals surface area contributed by atoms with E-state index < -0.39 is 23.5 Å². The lowest BCUT2D eigenvalue weighted by atomic mass is 9.95. The first-order valence-corrected chi connectivity index (χ1v) is 12.9. The summed E-state index contributed by atoms with van der Waals surface area (Å²) in [7, 11) is 0. The topological polar surface area (TPSA) is 83.6 Å². The first kappa shape index (κ1) is 22.7. The highest BCUT2D eigenvalue weighted by Crippen LogP contribution is 2.45. The molecule has 1 aliphatic heterocycles. The van der Waals surface area contributed by atoms with Crippen molar-refractivity contribution in [2.75, 3.05) is 4.90 Å². The third kappa shape index (κ3) is 3.56. The van der Waals surface area contributed by atoms with Crippen LogP contribution in [0, 0.1) is 13.8 Å². The number of halogens is 1. The number of furan rings is 1. The van der Waals surface area contributed by atoms with Crippen LogP contribution in [0.15, 0.2) is 87.0 Å². The van der Waals surface area contributed by atoms with Crippen LogP contribution in [0.1, 0.15) is 33.3 Å². The Morgan fingerprint density at radius 3 is 2.67 bits per heavy atom. The van der Waals surface area contributed by atoms with E-state index in [2.05, 4.69) is 15.9 Å². The molecule has 0 unspecified atom stereocenters. The Balaban J connectivity index is 1.53. The Morgan fingerprint density at radius 1 is 1.08 bits per heavy atom. The number of benzene rings is 3. The molecule has 8 heteroatoms. The summed E-state index contributed by atoms with van der Waals surface area (Å²) in [4.78, 5) is 33.4. The van der Waals surface area contributed by atoms with Gasteiger partial charge in [-0.05, 0) is 60.9 Å². The lowest BCUT2D eigenvalue weighted by molar-refractivity contribution is -0.117. The van der Waals surface area contributed by atoms with Gasteiger partial charge < -0.3 is 9.52 Å². The molecule has 1 amide bonds. The van der Waals surface area contributed by atoms with Gasteiger partial charge in [-0.2, -0.15) is 0 Å². The van der Waals surface area contributed by atoms with Gasteiger partial charge in [-0.1, -0.05) is 63.7 Å². The van der Waals surface area contributed by atoms with Crippen molar-refractivity contribution in [2.24, 2.45) is 0 Å². The molecule has 36 heavy (non-hydrogen) atoms. The Bertz CT molecular complexity index is 1720. The summed E-state index contributed by atoms with van der Waals surface area (Å²) in [5.74, 6) is -1.76. The smallest absolute Gasteiger partial charge is 0.296 e. The minimum Gasteiger partial charge on any atom is -0.503 e. The third-order valence-electron chi connectivity index (χ3n) is 6.29. The fourth-order valence-electron chi connectivity index (χ4n) is 4.72. The van der Waals surface area contributed by atoms with Crippen LogP contribution in [0.2, 0.25) is 0 Å². The summed E-state index contributed by atoms with van der Waals surface area (Å²) in [6.45, 7) is 3.98. The van der Waals surface area contributed by atoms with Crippen LogP contribution >= 0.6 is 27.3 Å². The van der Waals surface area contributed by atoms with Crippen molar-refractivity contribution < 1.29 is 19.1 Å². The number of carbonyl (C=O) groups excluding carboxylic acids is 2. The average molecular weight is 559 g/mol. The lowest BCUT2D eigenvalue weighted by Crippen LogP contribution is -2.31. The van der Waals surface area contributed by atoms with Crippen molar-refractivity contribution in [3.8, 4) is 0 Å². The number of aryl methyl sites for hydroxylation is 2. The largest absolute Gasteiger partial charge is 0.503 e. The molecule has 0 saturated carbocycles. The zero-order chi connectivity index (χ0) is 25.1. The lowest BCUT2D eigenvalue weighted by Gasteiger charge is -2.24. The quantitative estimate of drug-likeness (QED) is 0.236. The summed E-state index contributed by atoms with van der Waals surface area (Å²) < 4.78 is 7.52. The number of aromatic nitrogens is 1. The molecule has 0 saturated heterocycles. The third-order valence-corrected chi connectivity index (χ3v) is 7.79. The van der Waals surface area contributed by atoms with E-state index in [-0.39, 0.29) is 11.3 Å². The zero-order valence-electron chi connectivity index (χ0n) is 19.3. The molecular weight excluding hydrogens is 540 g/mol. The molecule has 3 aromatic carbocycles. The van der Waals surface area contributed by atoms with Gasteiger partial charge >= 0.3 is 0 Å². The van der Waals surface area contributed by atoms with Crippen LogP contribution in [-0.4, -0.2) is 21.8 Å². The van der Waals surface area contributed by atoms with Gasteiger partial charge in [0, 0.05) is 9.86 Å². The van der Waals surface area contributed by atoms with Gasteiger partial charge in [0.2, 0.25) is 5.78 Å². The second-order valence-corrected chi connectivity index (χ2v) is 10.7. The minimum atomic E-state index is -0.877. The number of nitrogens with zero attached hydrogens (tertiary/aromatic N) is 2. The summed E-state index contributed by atoms with van der Waals surface area (Å²) in [5.41, 5.74) is 4.05. The molecule has 178 valence electrons. The predicted octanol–water partition coefficient (Wildman–Crippen LogP) is 7.20. The number of aliphatic hydroxyl groups is 1. The van der Waals surface area contributed by atoms with E-state index in [0.717, 1.165) is 31.2 Å². The van der Waals surface area contributed by atoms with Gasteiger partial charge in [0.15, 0.2) is 16.7 Å². The summed E-state index contributed by atoms with van der Waals surface area (Å²) >= 11 is 4.84. The van der Waals surface area contributed by atoms with E-state index in [1.54, 1.807) is 12.1 Å². The van der Waals surface area contributed by atoms with Gasteiger partial charge in [-0.15, -0.1) is 0 Å². The molecule has 1 aliphatic rings. The van der Waals surface area contributed by atoms with Gasteiger partial charge in [0.25, 0.3) is 5.91 Å². The van der Waals surface area contributed by atoms with Crippen molar-refractivity contribution in [1.82, 2.24) is 4.98 Å². The fourth-order valence-corrected chi connectivity index (χ4v) is 6.30. The number of ketones is 1. The Labute approximate surface area is 218 Å². The predicted molar refractivity (Wildman–Crippen MR) is 144 cm³/mol. The van der Waals surface area contributed by atoms with E-state index >= 15 is 0 Å². The van der Waals surface area contributed by atoms with Gasteiger partial charge in [-0.25, -0.2) is 4.98 Å². The molecule has 6 rings (SSSR count). The Kier molecular flexibility index (Phi) is 5.31. The van der Waals surface area contributed by atoms with Crippen LogP contribution < -0.4 is 4.90 Å². The van der Waals surface area contributed by atoms with Crippen LogP contribution in [-0.2, 0) is 4.79 Å². The standard InChI is InChI=1S/C28H19BrN2O4S/c1-14-10-15(2)23-21(11-14)36-28(30-23)31-24(17-7-5-8-18(29)12-17)22(26(33)27(31)34)25(32)20-13-16-6-3-4-9-19(16)35-20/h3-13,24,33H,1-2H3/t24-/m1/s1. The molecule has 1 atom stereocenters. The SMILES string of the molecule is Cc1cc(C)c2nc(N3C(=O)C(O)=C(C(=O)c4cc5ccccc5o4)[C@H]3c3cccc(Br)c3)sc2c1. The summed E-state index contributed by atoms with van der Waals surface area (Å²) in [6.07, 6.45) is 0. The molecule has 0 spiro atoms. The van der Waals surface area contributed by atoms with Gasteiger partial charge in [0.05, 0.1) is 21.8 Å². The number of rotatable bonds is 4. The maximum absolute atomic E-state index is 13.8. The number of amides is 1. The van der Waals surface area contributed by atoms with Crippen molar-refractivity contribution >= 4 is 65.3 Å². The first-order valence-electron chi connectivity index (χ1n) is 11.2. The van der Waals surface area contributed by atoms with Crippen molar-refractivity contribution in [3.63, 3.8) is 0 Å². The number of fused-ring (bicyclic) bond motifs is 2. The summed E-state index contributed by atoms with van der Waals surface area (Å²) in [5, 5.41) is 12.2. The highest BCUT2D eigenvalue weighted by molar-refractivity contribution is 9.10. The molecule has 0 bridgehead atoms. The highest BCUT2D eigenvalue weighted by atomic mass is 79.9. The Hall–Kier alpha value is -3.75. The maximum Gasteiger partial charge on any atom is 0.296 e. The van der Waals surface area contributed by atoms with Gasteiger partial charge in [-0.3, -0.25) is 14.5 Å². The van der Waals surface area contributed by atoms with Crippen molar-refractivity contribution in [2.45, 2.75) is 19.9 Å².